The molecular weight excluding hydrogens is 412 g/mol. The molecule has 0 aromatic carbocycles. The summed E-state index contributed by atoms with van der Waals surface area (Å²) in [4.78, 5) is 44.1. The predicted molar refractivity (Wildman–Crippen MR) is 119 cm³/mol. The Balaban J connectivity index is 2.12. The highest BCUT2D eigenvalue weighted by molar-refractivity contribution is 5.98. The molecule has 8 nitrogen and oxygen atoms in total. The average Bonchev–Trinajstić information content (AvgIpc) is 3.33. The summed E-state index contributed by atoms with van der Waals surface area (Å²) < 4.78 is 12.0. The van der Waals surface area contributed by atoms with Crippen molar-refractivity contribution in [3.8, 4) is 0 Å². The van der Waals surface area contributed by atoms with E-state index in [1.807, 2.05) is 27.7 Å². The summed E-state index contributed by atoms with van der Waals surface area (Å²) in [6, 6.07) is -0.849. The standard InChI is InChI=1S/C24H38N2O6/c1-7-13-26(22(4,5)6)20(29)18-24-12-11-23(8-2,32-24)17(21(30)31-9-3)16(24)19(28)25(18)14-10-15-27/h7,16-18,27H,1,8-15H2,2-6H3/t16-,17+,18?,23-,24?/m0/s1. The molecule has 1 spiro atoms. The fourth-order valence-electron chi connectivity index (χ4n) is 6.04. The van der Waals surface area contributed by atoms with Gasteiger partial charge in [-0.25, -0.2) is 0 Å². The van der Waals surface area contributed by atoms with Crippen LogP contribution < -0.4 is 0 Å². The zero-order valence-electron chi connectivity index (χ0n) is 20.1. The maximum Gasteiger partial charge on any atom is 0.312 e. The van der Waals surface area contributed by atoms with Gasteiger partial charge in [-0.15, -0.1) is 6.58 Å². The molecule has 2 unspecified atom stereocenters. The molecular formula is C24H38N2O6. The molecule has 2 amide bonds. The first-order chi connectivity index (χ1) is 15.0. The maximum absolute atomic E-state index is 14.0. The Hall–Kier alpha value is -1.93. The molecule has 3 rings (SSSR count). The molecule has 5 atom stereocenters. The molecule has 3 aliphatic heterocycles. The van der Waals surface area contributed by atoms with Crippen LogP contribution in [0.15, 0.2) is 12.7 Å². The molecule has 0 aliphatic carbocycles. The van der Waals surface area contributed by atoms with Crippen LogP contribution in [0.25, 0.3) is 0 Å². The summed E-state index contributed by atoms with van der Waals surface area (Å²) in [5.41, 5.74) is -2.35. The van der Waals surface area contributed by atoms with Gasteiger partial charge in [-0.1, -0.05) is 13.0 Å². The lowest BCUT2D eigenvalue weighted by molar-refractivity contribution is -0.162. The number of aliphatic hydroxyl groups is 1. The van der Waals surface area contributed by atoms with Crippen LogP contribution in [0.1, 0.15) is 60.3 Å². The second kappa shape index (κ2) is 8.78. The maximum atomic E-state index is 14.0. The minimum absolute atomic E-state index is 0.0982. The molecule has 0 aromatic heterocycles. The molecule has 3 saturated heterocycles. The van der Waals surface area contributed by atoms with Crippen LogP contribution in [-0.4, -0.2) is 81.8 Å². The monoisotopic (exact) mass is 450 g/mol. The second-order valence-electron chi connectivity index (χ2n) is 10.1. The predicted octanol–water partition coefficient (Wildman–Crippen LogP) is 1.90. The Labute approximate surface area is 190 Å². The lowest BCUT2D eigenvalue weighted by Gasteiger charge is -2.42. The SMILES string of the molecule is C=CCN(C(=O)C1N(CCCO)C(=O)[C@@H]2[C@H](C(=O)OCC)[C@]3(CC)CCC12O3)C(C)(C)C. The van der Waals surface area contributed by atoms with Crippen LogP contribution in [0.5, 0.6) is 0 Å². The Morgan fingerprint density at radius 2 is 2.03 bits per heavy atom. The molecule has 1 N–H and O–H groups in total. The van der Waals surface area contributed by atoms with Crippen LogP contribution in [-0.2, 0) is 23.9 Å². The summed E-state index contributed by atoms with van der Waals surface area (Å²) >= 11 is 0. The lowest BCUT2D eigenvalue weighted by Crippen LogP contribution is -2.60. The van der Waals surface area contributed by atoms with E-state index >= 15 is 0 Å². The van der Waals surface area contributed by atoms with Crippen molar-refractivity contribution in [2.24, 2.45) is 11.8 Å². The highest BCUT2D eigenvalue weighted by Crippen LogP contribution is 2.64. The van der Waals surface area contributed by atoms with Crippen molar-refractivity contribution in [2.45, 2.75) is 83.1 Å². The van der Waals surface area contributed by atoms with Gasteiger partial charge in [0.1, 0.15) is 17.6 Å². The van der Waals surface area contributed by atoms with Crippen LogP contribution in [0.4, 0.5) is 0 Å². The Morgan fingerprint density at radius 3 is 2.56 bits per heavy atom. The van der Waals surface area contributed by atoms with E-state index in [-0.39, 0.29) is 31.6 Å². The minimum Gasteiger partial charge on any atom is -0.466 e. The minimum atomic E-state index is -1.07. The van der Waals surface area contributed by atoms with Crippen molar-refractivity contribution in [1.29, 1.82) is 0 Å². The number of amides is 2. The van der Waals surface area contributed by atoms with E-state index in [9.17, 15) is 19.5 Å². The van der Waals surface area contributed by atoms with E-state index in [4.69, 9.17) is 9.47 Å². The number of hydrogen-bond donors (Lipinski definition) is 1. The van der Waals surface area contributed by atoms with Gasteiger partial charge in [0.15, 0.2) is 0 Å². The summed E-state index contributed by atoms with van der Waals surface area (Å²) in [6.07, 6.45) is 3.72. The van der Waals surface area contributed by atoms with Crippen molar-refractivity contribution in [3.63, 3.8) is 0 Å². The molecule has 180 valence electrons. The van der Waals surface area contributed by atoms with Crippen molar-refractivity contribution in [3.05, 3.63) is 12.7 Å². The third-order valence-corrected chi connectivity index (χ3v) is 7.40. The Bertz CT molecular complexity index is 777. The number of esters is 1. The third kappa shape index (κ3) is 3.55. The Morgan fingerprint density at radius 1 is 1.34 bits per heavy atom. The fourth-order valence-corrected chi connectivity index (χ4v) is 6.04. The molecule has 32 heavy (non-hydrogen) atoms. The Kier molecular flexibility index (Phi) is 6.78. The van der Waals surface area contributed by atoms with E-state index < -0.39 is 40.6 Å². The van der Waals surface area contributed by atoms with Gasteiger partial charge in [0.25, 0.3) is 0 Å². The molecule has 3 fully saturated rings. The summed E-state index contributed by atoms with van der Waals surface area (Å²) in [5.74, 6) is -2.37. The van der Waals surface area contributed by atoms with Crippen molar-refractivity contribution in [1.82, 2.24) is 9.80 Å². The van der Waals surface area contributed by atoms with Gasteiger partial charge >= 0.3 is 5.97 Å². The number of nitrogens with zero attached hydrogens (tertiary/aromatic N) is 2. The zero-order chi connectivity index (χ0) is 23.9. The quantitative estimate of drug-likeness (QED) is 0.426. The average molecular weight is 451 g/mol. The molecule has 0 aromatic rings. The van der Waals surface area contributed by atoms with Crippen molar-refractivity contribution >= 4 is 17.8 Å². The van der Waals surface area contributed by atoms with Gasteiger partial charge in [0.2, 0.25) is 11.8 Å². The number of rotatable bonds is 9. The first-order valence-corrected chi connectivity index (χ1v) is 11.7. The van der Waals surface area contributed by atoms with Crippen LogP contribution >= 0.6 is 0 Å². The fraction of sp³-hybridized carbons (Fsp3) is 0.792. The molecule has 8 heteroatoms. The van der Waals surface area contributed by atoms with E-state index in [2.05, 4.69) is 6.58 Å². The van der Waals surface area contributed by atoms with Gasteiger partial charge < -0.3 is 24.4 Å². The number of fused-ring (bicyclic) bond motifs is 1. The topological polar surface area (TPSA) is 96.4 Å². The molecule has 3 heterocycles. The molecule has 0 saturated carbocycles. The van der Waals surface area contributed by atoms with Crippen LogP contribution in [0, 0.1) is 11.8 Å². The lowest BCUT2D eigenvalue weighted by atomic mass is 9.65. The summed E-state index contributed by atoms with van der Waals surface area (Å²) in [6.45, 7) is 14.0. The first kappa shape index (κ1) is 24.7. The number of carbonyl (C=O) groups excluding carboxylic acids is 3. The third-order valence-electron chi connectivity index (χ3n) is 7.40. The van der Waals surface area contributed by atoms with E-state index in [0.29, 0.717) is 32.2 Å². The first-order valence-electron chi connectivity index (χ1n) is 11.7. The van der Waals surface area contributed by atoms with E-state index in [1.54, 1.807) is 22.8 Å². The van der Waals surface area contributed by atoms with E-state index in [0.717, 1.165) is 0 Å². The molecule has 3 aliphatic rings. The van der Waals surface area contributed by atoms with Crippen LogP contribution in [0.3, 0.4) is 0 Å². The normalized spacial score (nSPS) is 33.4. The number of hydrogen-bond acceptors (Lipinski definition) is 6. The highest BCUT2D eigenvalue weighted by atomic mass is 16.6. The number of aliphatic hydroxyl groups excluding tert-OH is 1. The number of likely N-dealkylation sites (tertiary alicyclic amines) is 1. The van der Waals surface area contributed by atoms with Gasteiger partial charge in [-0.3, -0.25) is 14.4 Å². The van der Waals surface area contributed by atoms with Crippen molar-refractivity contribution in [2.75, 3.05) is 26.3 Å². The van der Waals surface area contributed by atoms with E-state index in [1.165, 1.54) is 0 Å². The molecule has 0 radical (unpaired) electrons. The zero-order valence-corrected chi connectivity index (χ0v) is 20.1. The smallest absolute Gasteiger partial charge is 0.312 e. The summed E-state index contributed by atoms with van der Waals surface area (Å²) in [7, 11) is 0. The number of ether oxygens (including phenoxy) is 2. The van der Waals surface area contributed by atoms with Gasteiger partial charge in [-0.2, -0.15) is 0 Å². The highest BCUT2D eigenvalue weighted by Gasteiger charge is 2.79. The van der Waals surface area contributed by atoms with Crippen LogP contribution in [0.2, 0.25) is 0 Å². The largest absolute Gasteiger partial charge is 0.466 e. The summed E-state index contributed by atoms with van der Waals surface area (Å²) in [5, 5.41) is 9.43. The van der Waals surface area contributed by atoms with Crippen molar-refractivity contribution < 1.29 is 29.0 Å². The van der Waals surface area contributed by atoms with Gasteiger partial charge in [0.05, 0.1) is 18.1 Å². The number of carbonyl (C=O) groups is 3. The second-order valence-corrected chi connectivity index (χ2v) is 10.1. The van der Waals surface area contributed by atoms with Gasteiger partial charge in [-0.05, 0) is 53.4 Å². The molecule has 2 bridgehead atoms. The van der Waals surface area contributed by atoms with Gasteiger partial charge in [0, 0.05) is 25.2 Å².